The number of hydrogen-bond donors (Lipinski definition) is 1. The lowest BCUT2D eigenvalue weighted by molar-refractivity contribution is 0.204. The maximum atomic E-state index is 5.76. The van der Waals surface area contributed by atoms with Crippen molar-refractivity contribution in [3.63, 3.8) is 0 Å². The Kier molecular flexibility index (Phi) is 5.22. The Labute approximate surface area is 101 Å². The van der Waals surface area contributed by atoms with Crippen LogP contribution < -0.4 is 5.73 Å². The lowest BCUT2D eigenvalue weighted by Gasteiger charge is -2.29. The van der Waals surface area contributed by atoms with Gasteiger partial charge in [0.15, 0.2) is 0 Å². The highest BCUT2D eigenvalue weighted by atomic mass is 15.1. The van der Waals surface area contributed by atoms with E-state index >= 15 is 0 Å². The van der Waals surface area contributed by atoms with E-state index in [0.717, 1.165) is 19.0 Å². The van der Waals surface area contributed by atoms with Crippen molar-refractivity contribution in [1.29, 1.82) is 0 Å². The molecule has 1 rings (SSSR count). The summed E-state index contributed by atoms with van der Waals surface area (Å²) >= 11 is 0. The van der Waals surface area contributed by atoms with Crippen molar-refractivity contribution in [2.24, 2.45) is 17.1 Å². The van der Waals surface area contributed by atoms with Crippen molar-refractivity contribution in [3.05, 3.63) is 0 Å². The molecule has 1 fully saturated rings. The van der Waals surface area contributed by atoms with Gasteiger partial charge >= 0.3 is 0 Å². The van der Waals surface area contributed by atoms with Gasteiger partial charge in [0, 0.05) is 13.1 Å². The standard InChI is InChI=1S/C13H29N3/c1-13(2,10-14)11-16(4)8-6-12-5-7-15(3)9-12/h12H,5-11,14H2,1-4H3. The van der Waals surface area contributed by atoms with Crippen LogP contribution in [0.3, 0.4) is 0 Å². The average Bonchev–Trinajstić information content (AvgIpc) is 2.61. The highest BCUT2D eigenvalue weighted by molar-refractivity contribution is 4.76. The van der Waals surface area contributed by atoms with E-state index in [-0.39, 0.29) is 5.41 Å². The predicted octanol–water partition coefficient (Wildman–Crippen LogP) is 1.24. The van der Waals surface area contributed by atoms with E-state index in [1.807, 2.05) is 0 Å². The Hall–Kier alpha value is -0.120. The summed E-state index contributed by atoms with van der Waals surface area (Å²) in [4.78, 5) is 4.87. The summed E-state index contributed by atoms with van der Waals surface area (Å²) in [5.74, 6) is 0.911. The van der Waals surface area contributed by atoms with Crippen LogP contribution in [-0.2, 0) is 0 Å². The Morgan fingerprint density at radius 2 is 2.12 bits per heavy atom. The summed E-state index contributed by atoms with van der Waals surface area (Å²) in [5, 5.41) is 0. The molecule has 0 amide bonds. The van der Waals surface area contributed by atoms with Crippen molar-refractivity contribution < 1.29 is 0 Å². The van der Waals surface area contributed by atoms with E-state index in [4.69, 9.17) is 5.73 Å². The molecule has 1 aliphatic rings. The quantitative estimate of drug-likeness (QED) is 0.741. The number of rotatable bonds is 6. The third-order valence-corrected chi connectivity index (χ3v) is 3.66. The van der Waals surface area contributed by atoms with Crippen LogP contribution in [0, 0.1) is 11.3 Å². The van der Waals surface area contributed by atoms with Crippen LogP contribution in [0.2, 0.25) is 0 Å². The molecule has 3 heteroatoms. The molecular formula is C13H29N3. The molecule has 1 aliphatic heterocycles. The van der Waals surface area contributed by atoms with Crippen molar-refractivity contribution in [2.75, 3.05) is 46.8 Å². The molecule has 0 saturated carbocycles. The van der Waals surface area contributed by atoms with Crippen LogP contribution in [0.15, 0.2) is 0 Å². The van der Waals surface area contributed by atoms with Crippen molar-refractivity contribution in [1.82, 2.24) is 9.80 Å². The van der Waals surface area contributed by atoms with E-state index in [9.17, 15) is 0 Å². The smallest absolute Gasteiger partial charge is 0.00417 e. The molecule has 1 heterocycles. The second-order valence-corrected chi connectivity index (χ2v) is 6.31. The summed E-state index contributed by atoms with van der Waals surface area (Å²) in [6.45, 7) is 10.1. The second kappa shape index (κ2) is 5.99. The van der Waals surface area contributed by atoms with E-state index in [0.29, 0.717) is 0 Å². The molecule has 0 aromatic carbocycles. The first-order valence-corrected chi connectivity index (χ1v) is 6.50. The monoisotopic (exact) mass is 227 g/mol. The molecule has 3 nitrogen and oxygen atoms in total. The van der Waals surface area contributed by atoms with Gasteiger partial charge in [0.05, 0.1) is 0 Å². The van der Waals surface area contributed by atoms with Gasteiger partial charge in [0.2, 0.25) is 0 Å². The zero-order valence-electron chi connectivity index (χ0n) is 11.5. The molecule has 1 unspecified atom stereocenters. The normalized spacial score (nSPS) is 23.2. The lowest BCUT2D eigenvalue weighted by Crippen LogP contribution is -2.37. The zero-order valence-corrected chi connectivity index (χ0v) is 11.5. The molecule has 1 saturated heterocycles. The third kappa shape index (κ3) is 4.81. The van der Waals surface area contributed by atoms with Gasteiger partial charge in [-0.1, -0.05) is 13.8 Å². The fraction of sp³-hybridized carbons (Fsp3) is 1.00. The van der Waals surface area contributed by atoms with Gasteiger partial charge in [0.1, 0.15) is 0 Å². The van der Waals surface area contributed by atoms with Gasteiger partial charge in [-0.15, -0.1) is 0 Å². The fourth-order valence-corrected chi connectivity index (χ4v) is 2.54. The van der Waals surface area contributed by atoms with E-state index < -0.39 is 0 Å². The molecular weight excluding hydrogens is 198 g/mol. The number of likely N-dealkylation sites (tertiary alicyclic amines) is 1. The number of nitrogens with zero attached hydrogens (tertiary/aromatic N) is 2. The van der Waals surface area contributed by atoms with E-state index in [2.05, 4.69) is 37.7 Å². The molecule has 0 bridgehead atoms. The molecule has 0 aromatic heterocycles. The maximum Gasteiger partial charge on any atom is 0.00417 e. The first-order valence-electron chi connectivity index (χ1n) is 6.50. The zero-order chi connectivity index (χ0) is 12.2. The largest absolute Gasteiger partial charge is 0.330 e. The minimum Gasteiger partial charge on any atom is -0.330 e. The minimum absolute atomic E-state index is 0.251. The van der Waals surface area contributed by atoms with Gasteiger partial charge in [-0.25, -0.2) is 0 Å². The fourth-order valence-electron chi connectivity index (χ4n) is 2.54. The predicted molar refractivity (Wildman–Crippen MR) is 70.6 cm³/mol. The molecule has 2 N–H and O–H groups in total. The summed E-state index contributed by atoms with van der Waals surface area (Å²) < 4.78 is 0. The summed E-state index contributed by atoms with van der Waals surface area (Å²) in [6.07, 6.45) is 2.71. The Bertz CT molecular complexity index is 203. The van der Waals surface area contributed by atoms with Crippen LogP contribution in [0.25, 0.3) is 0 Å². The van der Waals surface area contributed by atoms with Gasteiger partial charge in [-0.3, -0.25) is 0 Å². The molecule has 0 spiro atoms. The SMILES string of the molecule is CN1CCC(CCN(C)CC(C)(C)CN)C1. The van der Waals surface area contributed by atoms with Gasteiger partial charge in [0.25, 0.3) is 0 Å². The van der Waals surface area contributed by atoms with Crippen LogP contribution in [0.5, 0.6) is 0 Å². The van der Waals surface area contributed by atoms with E-state index in [1.165, 1.54) is 32.5 Å². The molecule has 96 valence electrons. The van der Waals surface area contributed by atoms with Crippen molar-refractivity contribution in [2.45, 2.75) is 26.7 Å². The second-order valence-electron chi connectivity index (χ2n) is 6.31. The van der Waals surface area contributed by atoms with Crippen LogP contribution >= 0.6 is 0 Å². The highest BCUT2D eigenvalue weighted by Gasteiger charge is 2.21. The van der Waals surface area contributed by atoms with Gasteiger partial charge < -0.3 is 15.5 Å². The highest BCUT2D eigenvalue weighted by Crippen LogP contribution is 2.19. The van der Waals surface area contributed by atoms with Crippen molar-refractivity contribution in [3.8, 4) is 0 Å². The molecule has 1 atom stereocenters. The first-order chi connectivity index (χ1) is 7.43. The van der Waals surface area contributed by atoms with Crippen molar-refractivity contribution >= 4 is 0 Å². The molecule has 0 radical (unpaired) electrons. The average molecular weight is 227 g/mol. The first kappa shape index (κ1) is 13.9. The van der Waals surface area contributed by atoms with Crippen LogP contribution in [0.1, 0.15) is 26.7 Å². The summed E-state index contributed by atoms with van der Waals surface area (Å²) in [7, 11) is 4.44. The molecule has 16 heavy (non-hydrogen) atoms. The van der Waals surface area contributed by atoms with Gasteiger partial charge in [-0.2, -0.15) is 0 Å². The third-order valence-electron chi connectivity index (χ3n) is 3.66. The number of nitrogens with two attached hydrogens (primary N) is 1. The van der Waals surface area contributed by atoms with Crippen LogP contribution in [-0.4, -0.2) is 56.6 Å². The Morgan fingerprint density at radius 3 is 2.62 bits per heavy atom. The van der Waals surface area contributed by atoms with Crippen LogP contribution in [0.4, 0.5) is 0 Å². The Balaban J connectivity index is 2.17. The summed E-state index contributed by atoms with van der Waals surface area (Å²) in [6, 6.07) is 0. The number of hydrogen-bond acceptors (Lipinski definition) is 3. The molecule has 0 aliphatic carbocycles. The summed E-state index contributed by atoms with van der Waals surface area (Å²) in [5.41, 5.74) is 6.01. The lowest BCUT2D eigenvalue weighted by atomic mass is 9.93. The van der Waals surface area contributed by atoms with Gasteiger partial charge in [-0.05, 0) is 57.9 Å². The topological polar surface area (TPSA) is 32.5 Å². The Morgan fingerprint density at radius 1 is 1.44 bits per heavy atom. The van der Waals surface area contributed by atoms with E-state index in [1.54, 1.807) is 0 Å². The minimum atomic E-state index is 0.251. The maximum absolute atomic E-state index is 5.76. The molecule has 0 aromatic rings.